The van der Waals surface area contributed by atoms with E-state index in [1.807, 2.05) is 19.2 Å². The van der Waals surface area contributed by atoms with Gasteiger partial charge in [-0.2, -0.15) is 0 Å². The summed E-state index contributed by atoms with van der Waals surface area (Å²) in [5, 5.41) is 0.635. The molecule has 0 aliphatic heterocycles. The minimum absolute atomic E-state index is 0.352. The number of halogens is 2. The summed E-state index contributed by atoms with van der Waals surface area (Å²) in [6.07, 6.45) is 1.15. The van der Waals surface area contributed by atoms with Crippen LogP contribution in [-0.2, 0) is 5.88 Å². The highest BCUT2D eigenvalue weighted by atomic mass is 35.5. The van der Waals surface area contributed by atoms with Crippen molar-refractivity contribution in [3.8, 4) is 0 Å². The van der Waals surface area contributed by atoms with E-state index in [0.717, 1.165) is 24.5 Å². The van der Waals surface area contributed by atoms with Gasteiger partial charge in [0, 0.05) is 13.6 Å². The molecule has 0 N–H and O–H groups in total. The fourth-order valence-electron chi connectivity index (χ4n) is 1.35. The third kappa shape index (κ3) is 3.84. The van der Waals surface area contributed by atoms with E-state index in [0.29, 0.717) is 16.8 Å². The SMILES string of the molecule is CC(C)CCN(C)c1ccc(Cl)c(CCl)n1. The summed E-state index contributed by atoms with van der Waals surface area (Å²) in [7, 11) is 2.04. The molecule has 1 aromatic heterocycles. The third-order valence-electron chi connectivity index (χ3n) is 2.46. The highest BCUT2D eigenvalue weighted by Crippen LogP contribution is 2.20. The summed E-state index contributed by atoms with van der Waals surface area (Å²) in [5.74, 6) is 1.98. The van der Waals surface area contributed by atoms with Crippen molar-refractivity contribution in [1.29, 1.82) is 0 Å². The van der Waals surface area contributed by atoms with Crippen LogP contribution in [0.15, 0.2) is 12.1 Å². The van der Waals surface area contributed by atoms with Crippen LogP contribution < -0.4 is 4.90 Å². The van der Waals surface area contributed by atoms with Crippen LogP contribution in [0.5, 0.6) is 0 Å². The number of hydrogen-bond acceptors (Lipinski definition) is 2. The lowest BCUT2D eigenvalue weighted by molar-refractivity contribution is 0.583. The van der Waals surface area contributed by atoms with Gasteiger partial charge in [0.05, 0.1) is 16.6 Å². The smallest absolute Gasteiger partial charge is 0.128 e. The van der Waals surface area contributed by atoms with E-state index >= 15 is 0 Å². The topological polar surface area (TPSA) is 16.1 Å². The van der Waals surface area contributed by atoms with Crippen molar-refractivity contribution in [2.24, 2.45) is 5.92 Å². The lowest BCUT2D eigenvalue weighted by atomic mass is 10.1. The molecule has 0 fully saturated rings. The molecule has 0 spiro atoms. The van der Waals surface area contributed by atoms with Gasteiger partial charge in [-0.25, -0.2) is 4.98 Å². The Morgan fingerprint density at radius 2 is 2.06 bits per heavy atom. The fraction of sp³-hybridized carbons (Fsp3) is 0.583. The maximum Gasteiger partial charge on any atom is 0.128 e. The van der Waals surface area contributed by atoms with Crippen molar-refractivity contribution in [3.63, 3.8) is 0 Å². The zero-order valence-corrected chi connectivity index (χ0v) is 11.5. The molecule has 16 heavy (non-hydrogen) atoms. The van der Waals surface area contributed by atoms with Crippen LogP contribution in [0.4, 0.5) is 5.82 Å². The van der Waals surface area contributed by atoms with Gasteiger partial charge < -0.3 is 4.90 Å². The van der Waals surface area contributed by atoms with Crippen LogP contribution in [0.2, 0.25) is 5.02 Å². The molecule has 0 aliphatic rings. The predicted molar refractivity (Wildman–Crippen MR) is 71.5 cm³/mol. The van der Waals surface area contributed by atoms with Crippen LogP contribution in [-0.4, -0.2) is 18.6 Å². The largest absolute Gasteiger partial charge is 0.360 e. The summed E-state index contributed by atoms with van der Waals surface area (Å²) in [5.41, 5.74) is 0.747. The summed E-state index contributed by atoms with van der Waals surface area (Å²) in [6.45, 7) is 5.43. The van der Waals surface area contributed by atoms with E-state index in [1.54, 1.807) is 0 Å². The summed E-state index contributed by atoms with van der Waals surface area (Å²) >= 11 is 11.7. The molecule has 1 rings (SSSR count). The van der Waals surface area contributed by atoms with Gasteiger partial charge in [-0.15, -0.1) is 11.6 Å². The molecule has 0 saturated carbocycles. The van der Waals surface area contributed by atoms with E-state index in [9.17, 15) is 0 Å². The Kier molecular flexibility index (Phi) is 5.36. The van der Waals surface area contributed by atoms with Crippen molar-refractivity contribution in [2.75, 3.05) is 18.5 Å². The van der Waals surface area contributed by atoms with Gasteiger partial charge in [-0.05, 0) is 24.5 Å². The molecule has 1 heterocycles. The number of nitrogens with zero attached hydrogens (tertiary/aromatic N) is 2. The van der Waals surface area contributed by atoms with Crippen LogP contribution >= 0.6 is 23.2 Å². The normalized spacial score (nSPS) is 10.9. The van der Waals surface area contributed by atoms with Crippen LogP contribution in [0, 0.1) is 5.92 Å². The molecule has 0 atom stereocenters. The van der Waals surface area contributed by atoms with Crippen molar-refractivity contribution in [3.05, 3.63) is 22.8 Å². The maximum absolute atomic E-state index is 5.96. The zero-order chi connectivity index (χ0) is 12.1. The van der Waals surface area contributed by atoms with Gasteiger partial charge in [0.25, 0.3) is 0 Å². The second kappa shape index (κ2) is 6.31. The van der Waals surface area contributed by atoms with E-state index < -0.39 is 0 Å². The first-order valence-corrected chi connectivity index (χ1v) is 6.38. The minimum Gasteiger partial charge on any atom is -0.360 e. The van der Waals surface area contributed by atoms with Crippen LogP contribution in [0.25, 0.3) is 0 Å². The summed E-state index contributed by atoms with van der Waals surface area (Å²) < 4.78 is 0. The van der Waals surface area contributed by atoms with Crippen molar-refractivity contribution >= 4 is 29.0 Å². The lowest BCUT2D eigenvalue weighted by Gasteiger charge is -2.20. The molecule has 90 valence electrons. The Labute approximate surface area is 108 Å². The molecule has 0 bridgehead atoms. The Hall–Kier alpha value is -0.470. The minimum atomic E-state index is 0.352. The lowest BCUT2D eigenvalue weighted by Crippen LogP contribution is -2.21. The van der Waals surface area contributed by atoms with Gasteiger partial charge in [0.1, 0.15) is 5.82 Å². The molecule has 0 aromatic carbocycles. The second-order valence-electron chi connectivity index (χ2n) is 4.34. The highest BCUT2D eigenvalue weighted by Gasteiger charge is 2.07. The first kappa shape index (κ1) is 13.6. The first-order valence-electron chi connectivity index (χ1n) is 5.47. The molecule has 4 heteroatoms. The Balaban J connectivity index is 2.72. The first-order chi connectivity index (χ1) is 7.54. The number of pyridine rings is 1. The van der Waals surface area contributed by atoms with Gasteiger partial charge >= 0.3 is 0 Å². The Bertz CT molecular complexity index is 340. The quantitative estimate of drug-likeness (QED) is 0.746. The van der Waals surface area contributed by atoms with Gasteiger partial charge in [-0.1, -0.05) is 25.4 Å². The van der Waals surface area contributed by atoms with Gasteiger partial charge in [0.15, 0.2) is 0 Å². The molecule has 0 radical (unpaired) electrons. The summed E-state index contributed by atoms with van der Waals surface area (Å²) in [4.78, 5) is 6.56. The Morgan fingerprint density at radius 1 is 1.38 bits per heavy atom. The van der Waals surface area contributed by atoms with Crippen molar-refractivity contribution in [2.45, 2.75) is 26.1 Å². The van der Waals surface area contributed by atoms with Gasteiger partial charge in [0.2, 0.25) is 0 Å². The molecule has 0 amide bonds. The fourth-order valence-corrected chi connectivity index (χ4v) is 1.79. The van der Waals surface area contributed by atoms with Crippen LogP contribution in [0.3, 0.4) is 0 Å². The zero-order valence-electron chi connectivity index (χ0n) is 10.0. The number of aromatic nitrogens is 1. The highest BCUT2D eigenvalue weighted by molar-refractivity contribution is 6.32. The third-order valence-corrected chi connectivity index (χ3v) is 3.06. The van der Waals surface area contributed by atoms with Crippen LogP contribution in [0.1, 0.15) is 26.0 Å². The summed E-state index contributed by atoms with van der Waals surface area (Å²) in [6, 6.07) is 3.78. The average Bonchev–Trinajstić information content (AvgIpc) is 2.26. The molecular weight excluding hydrogens is 243 g/mol. The average molecular weight is 261 g/mol. The molecular formula is C12H18Cl2N2. The number of anilines is 1. The van der Waals surface area contributed by atoms with Gasteiger partial charge in [-0.3, -0.25) is 0 Å². The van der Waals surface area contributed by atoms with E-state index in [1.165, 1.54) is 0 Å². The maximum atomic E-state index is 5.96. The monoisotopic (exact) mass is 260 g/mol. The molecule has 0 aliphatic carbocycles. The molecule has 0 unspecified atom stereocenters. The van der Waals surface area contributed by atoms with Crippen molar-refractivity contribution in [1.82, 2.24) is 4.98 Å². The number of alkyl halides is 1. The number of rotatable bonds is 5. The molecule has 1 aromatic rings. The molecule has 2 nitrogen and oxygen atoms in total. The number of hydrogen-bond donors (Lipinski definition) is 0. The van der Waals surface area contributed by atoms with E-state index in [4.69, 9.17) is 23.2 Å². The standard InChI is InChI=1S/C12H18Cl2N2/c1-9(2)6-7-16(3)12-5-4-10(14)11(8-13)15-12/h4-5,9H,6-8H2,1-3H3. The van der Waals surface area contributed by atoms with E-state index in [-0.39, 0.29) is 0 Å². The molecule has 0 saturated heterocycles. The Morgan fingerprint density at radius 3 is 2.62 bits per heavy atom. The van der Waals surface area contributed by atoms with Crippen molar-refractivity contribution < 1.29 is 0 Å². The van der Waals surface area contributed by atoms with E-state index in [2.05, 4.69) is 23.7 Å². The second-order valence-corrected chi connectivity index (χ2v) is 5.01. The predicted octanol–water partition coefficient (Wildman–Crippen LogP) is 3.96.